The Kier molecular flexibility index (Phi) is 9.84. The lowest BCUT2D eigenvalue weighted by Gasteiger charge is -2.37. The van der Waals surface area contributed by atoms with Crippen molar-refractivity contribution in [2.75, 3.05) is 6.54 Å². The lowest BCUT2D eigenvalue weighted by atomic mass is 9.89. The highest BCUT2D eigenvalue weighted by Gasteiger charge is 2.34. The number of halogens is 2. The van der Waals surface area contributed by atoms with Crippen molar-refractivity contribution in [1.29, 1.82) is 0 Å². The highest BCUT2D eigenvalue weighted by atomic mass is 79.9. The van der Waals surface area contributed by atoms with Crippen molar-refractivity contribution in [2.45, 2.75) is 65.8 Å². The van der Waals surface area contributed by atoms with Crippen LogP contribution >= 0.6 is 15.9 Å². The summed E-state index contributed by atoms with van der Waals surface area (Å²) in [6.07, 6.45) is 6.78. The summed E-state index contributed by atoms with van der Waals surface area (Å²) < 4.78 is 20.1. The van der Waals surface area contributed by atoms with E-state index in [0.29, 0.717) is 18.7 Å². The van der Waals surface area contributed by atoms with E-state index in [9.17, 15) is 9.18 Å². The van der Waals surface area contributed by atoms with Crippen LogP contribution in [0.1, 0.15) is 72.7 Å². The SMILES string of the molecule is CCC(C)CCCc1ccc(C2c3[nH]cccc(Br)cc(C)c3CCN2C(=O)Oc2ccc(F)cc2)cc1C. The highest BCUT2D eigenvalue weighted by molar-refractivity contribution is 9.10. The standard InChI is InChI=1S/C33H38BrFN2O2/c1-5-22(2)8-6-9-25-11-12-26(20-23(25)3)32-31-30(24(4)21-27(34)10-7-18-36-31)17-19-37(32)33(38)39-29-15-13-28(35)14-16-29/h7,10-16,18,20-22,32,36H,5-6,8-9,17,19H2,1-4H3. The minimum Gasteiger partial charge on any atom is -0.410 e. The fourth-order valence-electron chi connectivity index (χ4n) is 5.23. The number of aromatic nitrogens is 1. The Morgan fingerprint density at radius 2 is 1.90 bits per heavy atom. The lowest BCUT2D eigenvalue weighted by molar-refractivity contribution is 0.134. The first-order valence-electron chi connectivity index (χ1n) is 13.8. The summed E-state index contributed by atoms with van der Waals surface area (Å²) in [7, 11) is 0. The lowest BCUT2D eigenvalue weighted by Crippen LogP contribution is -2.42. The van der Waals surface area contributed by atoms with Crippen LogP contribution in [-0.2, 0) is 12.8 Å². The molecule has 4 nitrogen and oxygen atoms in total. The maximum Gasteiger partial charge on any atom is 0.416 e. The monoisotopic (exact) mass is 592 g/mol. The van der Waals surface area contributed by atoms with Crippen LogP contribution in [0.5, 0.6) is 5.75 Å². The fraction of sp³-hybridized carbons (Fsp3) is 0.364. The molecule has 0 spiro atoms. The Hall–Kier alpha value is -3.12. The van der Waals surface area contributed by atoms with Crippen LogP contribution in [0.3, 0.4) is 0 Å². The molecule has 2 atom stereocenters. The summed E-state index contributed by atoms with van der Waals surface area (Å²) >= 11 is 3.63. The number of nitrogens with zero attached hydrogens (tertiary/aromatic N) is 1. The zero-order valence-corrected chi connectivity index (χ0v) is 24.9. The summed E-state index contributed by atoms with van der Waals surface area (Å²) in [4.78, 5) is 18.8. The van der Waals surface area contributed by atoms with Gasteiger partial charge in [0.25, 0.3) is 0 Å². The van der Waals surface area contributed by atoms with E-state index in [1.807, 2.05) is 18.3 Å². The van der Waals surface area contributed by atoms with Gasteiger partial charge in [-0.15, -0.1) is 0 Å². The summed E-state index contributed by atoms with van der Waals surface area (Å²) in [5.41, 5.74) is 6.88. The van der Waals surface area contributed by atoms with E-state index in [0.717, 1.165) is 33.6 Å². The molecule has 1 aliphatic heterocycles. The Bertz CT molecular complexity index is 1350. The molecule has 2 heterocycles. The van der Waals surface area contributed by atoms with Crippen LogP contribution in [-0.4, -0.2) is 22.5 Å². The molecule has 2 unspecified atom stereocenters. The minimum atomic E-state index is -0.458. The van der Waals surface area contributed by atoms with Gasteiger partial charge in [0, 0.05) is 22.9 Å². The van der Waals surface area contributed by atoms with Gasteiger partial charge in [-0.3, -0.25) is 4.90 Å². The van der Waals surface area contributed by atoms with E-state index in [1.54, 1.807) is 4.90 Å². The summed E-state index contributed by atoms with van der Waals surface area (Å²) in [5.74, 6) is 0.689. The normalized spacial score (nSPS) is 15.3. The number of rotatable bonds is 7. The van der Waals surface area contributed by atoms with Gasteiger partial charge in [0.2, 0.25) is 0 Å². The van der Waals surface area contributed by atoms with Crippen molar-refractivity contribution in [3.63, 3.8) is 0 Å². The number of fused-ring (bicyclic) bond motifs is 1. The van der Waals surface area contributed by atoms with Gasteiger partial charge in [0.15, 0.2) is 0 Å². The van der Waals surface area contributed by atoms with Crippen molar-refractivity contribution in [3.8, 4) is 5.75 Å². The van der Waals surface area contributed by atoms with Gasteiger partial charge < -0.3 is 9.72 Å². The van der Waals surface area contributed by atoms with E-state index in [4.69, 9.17) is 4.74 Å². The molecular formula is C33H38BrFN2O2. The maximum atomic E-state index is 13.6. The van der Waals surface area contributed by atoms with E-state index < -0.39 is 6.09 Å². The van der Waals surface area contributed by atoms with Crippen LogP contribution in [0.15, 0.2) is 71.3 Å². The van der Waals surface area contributed by atoms with Crippen LogP contribution in [0.4, 0.5) is 9.18 Å². The minimum absolute atomic E-state index is 0.319. The topological polar surface area (TPSA) is 45.3 Å². The molecule has 0 aliphatic carbocycles. The molecule has 3 aromatic rings. The number of hydrogen-bond acceptors (Lipinski definition) is 2. The number of carbonyl (C=O) groups is 1. The maximum absolute atomic E-state index is 13.6. The van der Waals surface area contributed by atoms with Crippen molar-refractivity contribution in [3.05, 3.63) is 111 Å². The average Bonchev–Trinajstić information content (AvgIpc) is 2.98. The zero-order chi connectivity index (χ0) is 27.9. The first-order chi connectivity index (χ1) is 18.8. The van der Waals surface area contributed by atoms with Gasteiger partial charge in [-0.1, -0.05) is 60.8 Å². The molecule has 1 aliphatic rings. The largest absolute Gasteiger partial charge is 0.416 e. The molecule has 6 heteroatoms. The van der Waals surface area contributed by atoms with E-state index in [1.165, 1.54) is 60.2 Å². The highest BCUT2D eigenvalue weighted by Crippen LogP contribution is 2.36. The molecule has 2 aromatic carbocycles. The van der Waals surface area contributed by atoms with Gasteiger partial charge in [0.1, 0.15) is 17.6 Å². The third-order valence-corrected chi connectivity index (χ3v) is 8.20. The Labute approximate surface area is 240 Å². The summed E-state index contributed by atoms with van der Waals surface area (Å²) in [6, 6.07) is 17.8. The molecule has 0 fully saturated rings. The molecule has 4 rings (SSSR count). The molecule has 1 N–H and O–H groups in total. The van der Waals surface area contributed by atoms with Crippen LogP contribution in [0.2, 0.25) is 0 Å². The Morgan fingerprint density at radius 3 is 2.62 bits per heavy atom. The summed E-state index contributed by atoms with van der Waals surface area (Å²) in [6.45, 7) is 9.32. The molecule has 0 radical (unpaired) electrons. The number of aryl methyl sites for hydroxylation is 3. The number of aromatic amines is 1. The van der Waals surface area contributed by atoms with Gasteiger partial charge in [-0.25, -0.2) is 9.18 Å². The van der Waals surface area contributed by atoms with E-state index >= 15 is 0 Å². The van der Waals surface area contributed by atoms with Crippen molar-refractivity contribution < 1.29 is 13.9 Å². The predicted octanol–water partition coefficient (Wildman–Crippen LogP) is 9.17. The number of ether oxygens (including phenoxy) is 1. The molecule has 1 aromatic heterocycles. The molecule has 0 bridgehead atoms. The molecule has 39 heavy (non-hydrogen) atoms. The third-order valence-electron chi connectivity index (χ3n) is 7.71. The number of carbonyl (C=O) groups excluding carboxylic acids is 1. The molecule has 1 amide bonds. The zero-order valence-electron chi connectivity index (χ0n) is 23.3. The van der Waals surface area contributed by atoms with Crippen LogP contribution in [0, 0.1) is 25.6 Å². The second-order valence-electron chi connectivity index (χ2n) is 10.5. The van der Waals surface area contributed by atoms with Crippen molar-refractivity contribution in [2.24, 2.45) is 5.92 Å². The number of nitrogens with one attached hydrogen (secondary N) is 1. The van der Waals surface area contributed by atoms with E-state index in [2.05, 4.69) is 72.9 Å². The average molecular weight is 594 g/mol. The van der Waals surface area contributed by atoms with Gasteiger partial charge in [0.05, 0.1) is 0 Å². The quantitative estimate of drug-likeness (QED) is 0.297. The Morgan fingerprint density at radius 1 is 1.13 bits per heavy atom. The van der Waals surface area contributed by atoms with Gasteiger partial charge in [-0.2, -0.15) is 0 Å². The Balaban J connectivity index is 1.74. The van der Waals surface area contributed by atoms with Gasteiger partial charge >= 0.3 is 6.09 Å². The first kappa shape index (κ1) is 28.9. The number of H-pyrrole nitrogens is 1. The molecule has 0 saturated heterocycles. The summed E-state index contributed by atoms with van der Waals surface area (Å²) in [5, 5.41) is 0. The molecular weight excluding hydrogens is 555 g/mol. The van der Waals surface area contributed by atoms with Crippen LogP contribution < -0.4 is 4.74 Å². The fourth-order valence-corrected chi connectivity index (χ4v) is 5.73. The number of hydrogen-bond donors (Lipinski definition) is 1. The smallest absolute Gasteiger partial charge is 0.410 e. The van der Waals surface area contributed by atoms with Crippen LogP contribution in [0.25, 0.3) is 0 Å². The molecule has 206 valence electrons. The van der Waals surface area contributed by atoms with Crippen molar-refractivity contribution in [1.82, 2.24) is 9.88 Å². The van der Waals surface area contributed by atoms with E-state index in [-0.39, 0.29) is 11.9 Å². The molecule has 0 saturated carbocycles. The second-order valence-corrected chi connectivity index (χ2v) is 11.4. The third kappa shape index (κ3) is 7.30. The van der Waals surface area contributed by atoms with Crippen molar-refractivity contribution >= 4 is 22.0 Å². The first-order valence-corrected chi connectivity index (χ1v) is 14.6. The second kappa shape index (κ2) is 13.3. The van der Waals surface area contributed by atoms with Gasteiger partial charge in [-0.05, 0) is 109 Å². The number of amides is 1. The number of benzene rings is 2. The predicted molar refractivity (Wildman–Crippen MR) is 159 cm³/mol.